The Balaban J connectivity index is 1.71. The Morgan fingerprint density at radius 1 is 1.18 bits per heavy atom. The van der Waals surface area contributed by atoms with Gasteiger partial charge in [-0.25, -0.2) is 9.07 Å². The van der Waals surface area contributed by atoms with Crippen molar-refractivity contribution in [3.8, 4) is 22.9 Å². The van der Waals surface area contributed by atoms with E-state index in [1.54, 1.807) is 45.2 Å². The summed E-state index contributed by atoms with van der Waals surface area (Å²) in [5, 5.41) is 7.95. The van der Waals surface area contributed by atoms with Crippen LogP contribution in [0.3, 0.4) is 0 Å². The fourth-order valence-electron chi connectivity index (χ4n) is 2.14. The third-order valence-electron chi connectivity index (χ3n) is 3.68. The van der Waals surface area contributed by atoms with E-state index in [2.05, 4.69) is 15.3 Å². The quantitative estimate of drug-likeness (QED) is 0.530. The number of pyridine rings is 1. The molecule has 2 N–H and O–H groups in total. The number of benzene rings is 1. The molecule has 0 atom stereocenters. The zero-order chi connectivity index (χ0) is 20.3. The second kappa shape index (κ2) is 7.63. The number of nitrogens with zero attached hydrogens (tertiary/aromatic N) is 4. The molecule has 2 aromatic heterocycles. The molecule has 146 valence electrons. The lowest BCUT2D eigenvalue weighted by atomic mass is 9.98. The van der Waals surface area contributed by atoms with Crippen LogP contribution < -0.4 is 10.5 Å². The summed E-state index contributed by atoms with van der Waals surface area (Å²) in [6.07, 6.45) is 3.14. The minimum atomic E-state index is -0.599. The number of hydrogen-bond donors (Lipinski definition) is 1. The minimum absolute atomic E-state index is 0.0477. The van der Waals surface area contributed by atoms with Crippen molar-refractivity contribution in [1.29, 1.82) is 0 Å². The lowest BCUT2D eigenvalue weighted by Crippen LogP contribution is -2.24. The van der Waals surface area contributed by atoms with E-state index < -0.39 is 11.2 Å². The Morgan fingerprint density at radius 3 is 2.64 bits per heavy atom. The monoisotopic (exact) mass is 385 g/mol. The van der Waals surface area contributed by atoms with Crippen molar-refractivity contribution in [2.75, 3.05) is 5.73 Å². The molecule has 9 heteroatoms. The molecular weight excluding hydrogens is 365 g/mol. The summed E-state index contributed by atoms with van der Waals surface area (Å²) in [5.74, 6) is -0.141. The number of nitrogens with two attached hydrogens (primary N) is 1. The fraction of sp³-hybridized carbons (Fsp3) is 0.263. The first-order valence-electron chi connectivity index (χ1n) is 8.49. The van der Waals surface area contributed by atoms with E-state index in [0.717, 1.165) is 0 Å². The van der Waals surface area contributed by atoms with E-state index >= 15 is 0 Å². The Bertz CT molecular complexity index is 997. The van der Waals surface area contributed by atoms with Crippen LogP contribution in [-0.2, 0) is 16.3 Å². The van der Waals surface area contributed by atoms with Crippen molar-refractivity contribution >= 4 is 11.7 Å². The molecule has 0 saturated heterocycles. The first-order valence-corrected chi connectivity index (χ1v) is 8.49. The number of esters is 1. The van der Waals surface area contributed by atoms with Crippen molar-refractivity contribution in [1.82, 2.24) is 20.0 Å². The van der Waals surface area contributed by atoms with Crippen LogP contribution in [0.25, 0.3) is 11.4 Å². The van der Waals surface area contributed by atoms with Crippen LogP contribution in [0.2, 0.25) is 0 Å². The third kappa shape index (κ3) is 4.61. The number of anilines is 1. The zero-order valence-corrected chi connectivity index (χ0v) is 15.7. The van der Waals surface area contributed by atoms with E-state index in [4.69, 9.17) is 15.2 Å². The van der Waals surface area contributed by atoms with Gasteiger partial charge in [0.15, 0.2) is 6.73 Å². The van der Waals surface area contributed by atoms with Gasteiger partial charge in [-0.1, -0.05) is 5.21 Å². The highest BCUT2D eigenvalue weighted by Crippen LogP contribution is 2.26. The normalized spacial score (nSPS) is 11.3. The number of hydrogen-bond acceptors (Lipinski definition) is 7. The minimum Gasteiger partial charge on any atom is -0.457 e. The van der Waals surface area contributed by atoms with Crippen molar-refractivity contribution in [3.05, 3.63) is 48.5 Å². The van der Waals surface area contributed by atoms with Gasteiger partial charge in [0.25, 0.3) is 0 Å². The molecule has 0 radical (unpaired) electrons. The van der Waals surface area contributed by atoms with E-state index in [9.17, 15) is 9.18 Å². The van der Waals surface area contributed by atoms with Gasteiger partial charge >= 0.3 is 5.97 Å². The van der Waals surface area contributed by atoms with Crippen LogP contribution >= 0.6 is 0 Å². The molecule has 0 amide bonds. The Morgan fingerprint density at radius 2 is 1.93 bits per heavy atom. The SMILES string of the molecule is CC(C)(C)C(=O)OCn1cc(-c2cc(Oc3ccc(N)c(F)c3)ccn2)nn1. The van der Waals surface area contributed by atoms with Crippen LogP contribution in [0.15, 0.2) is 42.7 Å². The van der Waals surface area contributed by atoms with Crippen LogP contribution in [0, 0.1) is 11.2 Å². The summed E-state index contributed by atoms with van der Waals surface area (Å²) in [4.78, 5) is 16.1. The number of nitrogen functional groups attached to an aromatic ring is 1. The first-order chi connectivity index (χ1) is 13.2. The molecule has 2 heterocycles. The summed E-state index contributed by atoms with van der Waals surface area (Å²) in [6.45, 7) is 5.25. The van der Waals surface area contributed by atoms with Crippen molar-refractivity contribution in [2.24, 2.45) is 5.41 Å². The van der Waals surface area contributed by atoms with Crippen LogP contribution in [-0.4, -0.2) is 25.9 Å². The largest absolute Gasteiger partial charge is 0.457 e. The lowest BCUT2D eigenvalue weighted by Gasteiger charge is -2.15. The Hall–Kier alpha value is -3.49. The predicted molar refractivity (Wildman–Crippen MR) is 99.7 cm³/mol. The molecule has 0 aliphatic carbocycles. The number of ether oxygens (including phenoxy) is 2. The third-order valence-corrected chi connectivity index (χ3v) is 3.68. The number of carbonyl (C=O) groups is 1. The maximum atomic E-state index is 13.6. The zero-order valence-electron chi connectivity index (χ0n) is 15.7. The second-order valence-corrected chi connectivity index (χ2v) is 7.12. The topological polar surface area (TPSA) is 105 Å². The van der Waals surface area contributed by atoms with Crippen LogP contribution in [0.1, 0.15) is 20.8 Å². The molecule has 0 spiro atoms. The molecule has 0 unspecified atom stereocenters. The van der Waals surface area contributed by atoms with Crippen LogP contribution in [0.4, 0.5) is 10.1 Å². The van der Waals surface area contributed by atoms with Crippen molar-refractivity contribution in [2.45, 2.75) is 27.5 Å². The molecule has 1 aromatic carbocycles. The highest BCUT2D eigenvalue weighted by molar-refractivity contribution is 5.75. The fourth-order valence-corrected chi connectivity index (χ4v) is 2.14. The standard InChI is InChI=1S/C19H20FN5O3/c1-19(2,3)18(26)27-11-25-10-17(23-24-25)16-9-13(6-7-22-16)28-12-4-5-15(21)14(20)8-12/h4-10H,11,21H2,1-3H3. The number of halogens is 1. The lowest BCUT2D eigenvalue weighted by molar-refractivity contribution is -0.157. The van der Waals surface area contributed by atoms with E-state index in [-0.39, 0.29) is 18.4 Å². The first kappa shape index (κ1) is 19.3. The predicted octanol–water partition coefficient (Wildman–Crippen LogP) is 3.40. The van der Waals surface area contributed by atoms with Gasteiger partial charge in [-0.2, -0.15) is 0 Å². The second-order valence-electron chi connectivity index (χ2n) is 7.12. The average Bonchev–Trinajstić information content (AvgIpc) is 3.11. The summed E-state index contributed by atoms with van der Waals surface area (Å²) < 4.78 is 25.8. The molecule has 3 rings (SSSR count). The van der Waals surface area contributed by atoms with Crippen molar-refractivity contribution in [3.63, 3.8) is 0 Å². The van der Waals surface area contributed by atoms with E-state index in [1.807, 2.05) is 0 Å². The van der Waals surface area contributed by atoms with Gasteiger partial charge in [-0.3, -0.25) is 9.78 Å². The maximum absolute atomic E-state index is 13.6. The number of carbonyl (C=O) groups excluding carboxylic acids is 1. The molecule has 0 bridgehead atoms. The highest BCUT2D eigenvalue weighted by atomic mass is 19.1. The summed E-state index contributed by atoms with van der Waals surface area (Å²) in [7, 11) is 0. The van der Waals surface area contributed by atoms with Gasteiger partial charge in [0.2, 0.25) is 0 Å². The molecule has 3 aromatic rings. The summed E-state index contributed by atoms with van der Waals surface area (Å²) >= 11 is 0. The number of aromatic nitrogens is 4. The molecule has 0 aliphatic rings. The van der Waals surface area contributed by atoms with E-state index in [1.165, 1.54) is 23.0 Å². The van der Waals surface area contributed by atoms with Gasteiger partial charge < -0.3 is 15.2 Å². The maximum Gasteiger partial charge on any atom is 0.313 e. The molecule has 0 saturated carbocycles. The van der Waals surface area contributed by atoms with Gasteiger partial charge in [0.05, 0.1) is 23.0 Å². The van der Waals surface area contributed by atoms with Gasteiger partial charge in [0.1, 0.15) is 23.0 Å². The molecule has 0 fully saturated rings. The summed E-state index contributed by atoms with van der Waals surface area (Å²) in [5.41, 5.74) is 5.89. The van der Waals surface area contributed by atoms with Gasteiger partial charge in [0, 0.05) is 18.3 Å². The van der Waals surface area contributed by atoms with Crippen molar-refractivity contribution < 1.29 is 18.7 Å². The molecular formula is C19H20FN5O3. The van der Waals surface area contributed by atoms with E-state index in [0.29, 0.717) is 22.9 Å². The molecule has 0 aliphatic heterocycles. The van der Waals surface area contributed by atoms with Crippen LogP contribution in [0.5, 0.6) is 11.5 Å². The average molecular weight is 385 g/mol. The molecule has 8 nitrogen and oxygen atoms in total. The Kier molecular flexibility index (Phi) is 5.25. The van der Waals surface area contributed by atoms with Gasteiger partial charge in [-0.05, 0) is 39.0 Å². The smallest absolute Gasteiger partial charge is 0.313 e. The summed E-state index contributed by atoms with van der Waals surface area (Å²) in [6, 6.07) is 7.47. The Labute approximate surface area is 161 Å². The highest BCUT2D eigenvalue weighted by Gasteiger charge is 2.23. The number of rotatable bonds is 5. The van der Waals surface area contributed by atoms with Gasteiger partial charge in [-0.15, -0.1) is 5.10 Å². The molecule has 28 heavy (non-hydrogen) atoms.